The van der Waals surface area contributed by atoms with E-state index in [1.54, 1.807) is 0 Å². The molecule has 0 aromatic heterocycles. The third-order valence-corrected chi connectivity index (χ3v) is 3.81. The highest BCUT2D eigenvalue weighted by Crippen LogP contribution is 2.36. The Morgan fingerprint density at radius 3 is 2.18 bits per heavy atom. The largest absolute Gasteiger partial charge is 0.394 e. The van der Waals surface area contributed by atoms with Gasteiger partial charge in [-0.05, 0) is 19.8 Å². The molecule has 1 saturated heterocycles. The summed E-state index contributed by atoms with van der Waals surface area (Å²) in [7, 11) is 0. The van der Waals surface area contributed by atoms with E-state index >= 15 is 0 Å². The van der Waals surface area contributed by atoms with E-state index in [0.717, 1.165) is 25.7 Å². The maximum absolute atomic E-state index is 9.25. The zero-order valence-electron chi connectivity index (χ0n) is 10.4. The van der Waals surface area contributed by atoms with Gasteiger partial charge in [-0.2, -0.15) is 0 Å². The van der Waals surface area contributed by atoms with Crippen molar-refractivity contribution in [1.82, 2.24) is 5.32 Å². The van der Waals surface area contributed by atoms with E-state index in [1.165, 1.54) is 0 Å². The average Bonchev–Trinajstić information content (AvgIpc) is 2.81. The van der Waals surface area contributed by atoms with E-state index in [2.05, 4.69) is 5.32 Å². The summed E-state index contributed by atoms with van der Waals surface area (Å²) in [4.78, 5) is 0. The van der Waals surface area contributed by atoms with Gasteiger partial charge in [0, 0.05) is 18.9 Å². The molecule has 1 aliphatic heterocycles. The van der Waals surface area contributed by atoms with Gasteiger partial charge < -0.3 is 25.0 Å². The van der Waals surface area contributed by atoms with Gasteiger partial charge in [0.2, 0.25) is 0 Å². The van der Waals surface area contributed by atoms with Crippen LogP contribution in [0.2, 0.25) is 0 Å². The summed E-state index contributed by atoms with van der Waals surface area (Å²) in [5, 5.41) is 21.8. The highest BCUT2D eigenvalue weighted by molar-refractivity contribution is 4.91. The number of nitrogens with one attached hydrogen (secondary N) is 1. The third-order valence-electron chi connectivity index (χ3n) is 3.81. The Morgan fingerprint density at radius 1 is 1.18 bits per heavy atom. The van der Waals surface area contributed by atoms with E-state index in [0.29, 0.717) is 19.3 Å². The fourth-order valence-electron chi connectivity index (χ4n) is 2.62. The van der Waals surface area contributed by atoms with Crippen molar-refractivity contribution in [2.75, 3.05) is 26.4 Å². The predicted octanol–water partition coefficient (Wildman–Crippen LogP) is 0.00500. The fourth-order valence-corrected chi connectivity index (χ4v) is 2.62. The lowest BCUT2D eigenvalue weighted by Gasteiger charge is -2.39. The lowest BCUT2D eigenvalue weighted by molar-refractivity contribution is -0.180. The van der Waals surface area contributed by atoms with Gasteiger partial charge in [0.05, 0.1) is 32.0 Å². The molecule has 1 aliphatic carbocycles. The molecule has 5 heteroatoms. The van der Waals surface area contributed by atoms with Crippen LogP contribution in [0.25, 0.3) is 0 Å². The molecule has 2 aliphatic rings. The highest BCUT2D eigenvalue weighted by Gasteiger charge is 2.41. The van der Waals surface area contributed by atoms with Crippen LogP contribution in [0.15, 0.2) is 0 Å². The van der Waals surface area contributed by atoms with Crippen molar-refractivity contribution in [2.24, 2.45) is 0 Å². The molecule has 0 aromatic rings. The van der Waals surface area contributed by atoms with Crippen LogP contribution < -0.4 is 5.32 Å². The van der Waals surface area contributed by atoms with Gasteiger partial charge in [-0.3, -0.25) is 0 Å². The zero-order valence-corrected chi connectivity index (χ0v) is 10.4. The van der Waals surface area contributed by atoms with Crippen molar-refractivity contribution >= 4 is 0 Å². The molecule has 1 saturated carbocycles. The van der Waals surface area contributed by atoms with Gasteiger partial charge >= 0.3 is 0 Å². The third kappa shape index (κ3) is 2.98. The van der Waals surface area contributed by atoms with E-state index in [4.69, 9.17) is 9.47 Å². The van der Waals surface area contributed by atoms with Crippen molar-refractivity contribution in [1.29, 1.82) is 0 Å². The molecule has 0 radical (unpaired) electrons. The molecule has 100 valence electrons. The van der Waals surface area contributed by atoms with Gasteiger partial charge in [-0.15, -0.1) is 0 Å². The van der Waals surface area contributed by atoms with Crippen molar-refractivity contribution in [3.63, 3.8) is 0 Å². The average molecular weight is 245 g/mol. The number of hydrogen-bond acceptors (Lipinski definition) is 5. The van der Waals surface area contributed by atoms with E-state index in [1.807, 2.05) is 6.92 Å². The van der Waals surface area contributed by atoms with Crippen LogP contribution in [0.1, 0.15) is 32.6 Å². The molecule has 0 aromatic carbocycles. The first-order valence-corrected chi connectivity index (χ1v) is 6.39. The molecule has 1 heterocycles. The van der Waals surface area contributed by atoms with Gasteiger partial charge in [0.1, 0.15) is 0 Å². The summed E-state index contributed by atoms with van der Waals surface area (Å²) in [5.74, 6) is -0.340. The van der Waals surface area contributed by atoms with Crippen molar-refractivity contribution in [3.05, 3.63) is 0 Å². The van der Waals surface area contributed by atoms with E-state index in [-0.39, 0.29) is 19.0 Å². The summed E-state index contributed by atoms with van der Waals surface area (Å²) >= 11 is 0. The normalized spacial score (nSPS) is 25.6. The summed E-state index contributed by atoms with van der Waals surface area (Å²) in [6.07, 6.45) is 3.68. The van der Waals surface area contributed by atoms with Crippen molar-refractivity contribution in [2.45, 2.75) is 50.0 Å². The van der Waals surface area contributed by atoms with Gasteiger partial charge in [-0.25, -0.2) is 0 Å². The number of ether oxygens (including phenoxy) is 2. The number of aliphatic hydroxyl groups excluding tert-OH is 2. The minimum atomic E-state index is -0.591. The molecular weight excluding hydrogens is 222 g/mol. The molecule has 5 nitrogen and oxygen atoms in total. The first-order valence-electron chi connectivity index (χ1n) is 6.39. The zero-order chi connectivity index (χ0) is 12.4. The summed E-state index contributed by atoms with van der Waals surface area (Å²) in [5.41, 5.74) is -0.591. The Bertz CT molecular complexity index is 239. The smallest absolute Gasteiger partial charge is 0.168 e. The van der Waals surface area contributed by atoms with Gasteiger partial charge in [0.15, 0.2) is 5.79 Å². The summed E-state index contributed by atoms with van der Waals surface area (Å²) in [6, 6.07) is 0.317. The number of hydrogen-bond donors (Lipinski definition) is 3. The summed E-state index contributed by atoms with van der Waals surface area (Å²) < 4.78 is 11.3. The van der Waals surface area contributed by atoms with Crippen LogP contribution in [0, 0.1) is 0 Å². The molecule has 3 N–H and O–H groups in total. The molecular formula is C12H23NO4. The Hall–Kier alpha value is -0.200. The quantitative estimate of drug-likeness (QED) is 0.650. The monoisotopic (exact) mass is 245 g/mol. The second kappa shape index (κ2) is 5.20. The van der Waals surface area contributed by atoms with Crippen LogP contribution in [-0.2, 0) is 9.47 Å². The molecule has 2 rings (SSSR count). The Morgan fingerprint density at radius 2 is 1.71 bits per heavy atom. The Labute approximate surface area is 102 Å². The van der Waals surface area contributed by atoms with Crippen LogP contribution in [0.3, 0.4) is 0 Å². The maximum Gasteiger partial charge on any atom is 0.168 e. The Balaban J connectivity index is 1.82. The van der Waals surface area contributed by atoms with Crippen LogP contribution in [0.4, 0.5) is 0 Å². The molecule has 0 amide bonds. The first-order chi connectivity index (χ1) is 8.11. The minimum Gasteiger partial charge on any atom is -0.394 e. The topological polar surface area (TPSA) is 71.0 Å². The second-order valence-electron chi connectivity index (χ2n) is 5.40. The lowest BCUT2D eigenvalue weighted by Crippen LogP contribution is -2.55. The molecule has 1 spiro atoms. The SMILES string of the molecule is CC(CO)(CO)NC1CCC2(CC1)OCCO2. The number of rotatable bonds is 4. The summed E-state index contributed by atoms with van der Waals surface area (Å²) in [6.45, 7) is 3.11. The van der Waals surface area contributed by atoms with Crippen LogP contribution in [0.5, 0.6) is 0 Å². The molecule has 0 unspecified atom stereocenters. The predicted molar refractivity (Wildman–Crippen MR) is 62.6 cm³/mol. The maximum atomic E-state index is 9.25. The van der Waals surface area contributed by atoms with Gasteiger partial charge in [0.25, 0.3) is 0 Å². The van der Waals surface area contributed by atoms with Crippen molar-refractivity contribution < 1.29 is 19.7 Å². The van der Waals surface area contributed by atoms with Crippen LogP contribution in [-0.4, -0.2) is 54.0 Å². The first kappa shape index (κ1) is 13.2. The molecule has 2 fully saturated rings. The molecule has 0 atom stereocenters. The minimum absolute atomic E-state index is 0.0574. The fraction of sp³-hybridized carbons (Fsp3) is 1.00. The molecule has 0 bridgehead atoms. The van der Waals surface area contributed by atoms with Crippen LogP contribution >= 0.6 is 0 Å². The highest BCUT2D eigenvalue weighted by atomic mass is 16.7. The van der Waals surface area contributed by atoms with Gasteiger partial charge in [-0.1, -0.05) is 0 Å². The molecule has 17 heavy (non-hydrogen) atoms. The Kier molecular flexibility index (Phi) is 4.05. The van der Waals surface area contributed by atoms with E-state index in [9.17, 15) is 10.2 Å². The van der Waals surface area contributed by atoms with E-state index < -0.39 is 5.54 Å². The standard InChI is InChI=1S/C12H23NO4/c1-11(8-14,9-15)13-10-2-4-12(5-3-10)16-6-7-17-12/h10,13-15H,2-9H2,1H3. The van der Waals surface area contributed by atoms with Crippen molar-refractivity contribution in [3.8, 4) is 0 Å². The number of aliphatic hydroxyl groups is 2. The second-order valence-corrected chi connectivity index (χ2v) is 5.40. The lowest BCUT2D eigenvalue weighted by atomic mass is 9.88.